The number of amides is 1. The van der Waals surface area contributed by atoms with Crippen molar-refractivity contribution < 1.29 is 4.79 Å². The van der Waals surface area contributed by atoms with Crippen LogP contribution in [0.2, 0.25) is 0 Å². The highest BCUT2D eigenvalue weighted by atomic mass is 16.2. The summed E-state index contributed by atoms with van der Waals surface area (Å²) in [6.45, 7) is 3.01. The van der Waals surface area contributed by atoms with Crippen LogP contribution in [-0.2, 0) is 11.2 Å². The average Bonchev–Trinajstić information content (AvgIpc) is 3.54. The van der Waals surface area contributed by atoms with Gasteiger partial charge in [-0.15, -0.1) is 0 Å². The van der Waals surface area contributed by atoms with E-state index in [1.165, 1.54) is 50.5 Å². The molecule has 0 unspecified atom stereocenters. The maximum atomic E-state index is 13.3. The maximum Gasteiger partial charge on any atom is 0.239 e. The van der Waals surface area contributed by atoms with E-state index in [0.29, 0.717) is 24.3 Å². The Labute approximate surface area is 179 Å². The number of hydrogen-bond donors (Lipinski definition) is 2. The summed E-state index contributed by atoms with van der Waals surface area (Å²) in [4.78, 5) is 21.6. The molecule has 3 saturated heterocycles. The number of benzene rings is 1. The molecule has 4 fully saturated rings. The summed E-state index contributed by atoms with van der Waals surface area (Å²) in [7, 11) is 0. The average molecular weight is 407 g/mol. The van der Waals surface area contributed by atoms with Crippen molar-refractivity contribution in [1.82, 2.24) is 14.8 Å². The molecule has 0 radical (unpaired) electrons. The first-order valence-electron chi connectivity index (χ1n) is 12.0. The van der Waals surface area contributed by atoms with Crippen LogP contribution in [0.1, 0.15) is 44.1 Å². The number of hydrogen-bond acceptors (Lipinski definition) is 3. The van der Waals surface area contributed by atoms with Crippen LogP contribution in [0.4, 0.5) is 0 Å². The zero-order valence-corrected chi connectivity index (χ0v) is 17.8. The summed E-state index contributed by atoms with van der Waals surface area (Å²) < 4.78 is 0. The Morgan fingerprint density at radius 2 is 1.87 bits per heavy atom. The Balaban J connectivity index is 1.15. The van der Waals surface area contributed by atoms with Gasteiger partial charge in [0.25, 0.3) is 0 Å². The van der Waals surface area contributed by atoms with Gasteiger partial charge in [0, 0.05) is 48.8 Å². The number of piperidine rings is 3. The van der Waals surface area contributed by atoms with Crippen molar-refractivity contribution in [2.45, 2.75) is 63.1 Å². The molecule has 1 saturated carbocycles. The number of para-hydroxylation sites is 1. The molecule has 6 rings (SSSR count). The molecule has 2 bridgehead atoms. The Morgan fingerprint density at radius 1 is 1.07 bits per heavy atom. The first-order chi connectivity index (χ1) is 14.7. The van der Waals surface area contributed by atoms with Crippen molar-refractivity contribution in [3.8, 4) is 0 Å². The third-order valence-electron chi connectivity index (χ3n) is 8.34. The van der Waals surface area contributed by atoms with Gasteiger partial charge in [-0.3, -0.25) is 9.69 Å². The van der Waals surface area contributed by atoms with Gasteiger partial charge in [-0.25, -0.2) is 0 Å². The standard InChI is InChI=1S/C25H34N4O/c26-21(11-18-12-27-22-5-2-1-4-20(18)22)25(30)28-13-16-10-19(15-28)24-7-3-6-23(17-8-9-17)29(24)14-16/h1-2,4-5,12,16-17,19,21,23-24,27H,3,6-11,13-15,26H2/t16-,19+,21+,23+,24-/m0/s1. The van der Waals surface area contributed by atoms with Gasteiger partial charge in [0.05, 0.1) is 6.04 Å². The summed E-state index contributed by atoms with van der Waals surface area (Å²) in [5.41, 5.74) is 8.73. The minimum absolute atomic E-state index is 0.151. The second kappa shape index (κ2) is 7.38. The van der Waals surface area contributed by atoms with E-state index in [2.05, 4.69) is 26.9 Å². The molecule has 160 valence electrons. The van der Waals surface area contributed by atoms with Gasteiger partial charge in [-0.2, -0.15) is 0 Å². The SMILES string of the molecule is N[C@H](Cc1c[nH]c2ccccc12)C(=O)N1C[C@@H]2C[C@H](C1)[C@@H]1CCC[C@H](C3CC3)N1C2. The van der Waals surface area contributed by atoms with Crippen LogP contribution in [0.15, 0.2) is 30.5 Å². The summed E-state index contributed by atoms with van der Waals surface area (Å²) in [5.74, 6) is 2.39. The van der Waals surface area contributed by atoms with E-state index in [9.17, 15) is 4.79 Å². The fourth-order valence-corrected chi connectivity index (χ4v) is 6.87. The first-order valence-corrected chi connectivity index (χ1v) is 12.0. The van der Waals surface area contributed by atoms with E-state index in [1.54, 1.807) is 0 Å². The number of aromatic amines is 1. The van der Waals surface area contributed by atoms with Gasteiger partial charge < -0.3 is 15.6 Å². The molecule has 4 aliphatic rings. The number of fused-ring (bicyclic) bond motifs is 5. The lowest BCUT2D eigenvalue weighted by Crippen LogP contribution is -2.63. The van der Waals surface area contributed by atoms with E-state index in [1.807, 2.05) is 18.3 Å². The monoisotopic (exact) mass is 406 g/mol. The van der Waals surface area contributed by atoms with Crippen molar-refractivity contribution in [2.24, 2.45) is 23.5 Å². The predicted molar refractivity (Wildman–Crippen MR) is 119 cm³/mol. The van der Waals surface area contributed by atoms with Gasteiger partial charge in [0.2, 0.25) is 5.91 Å². The van der Waals surface area contributed by atoms with Gasteiger partial charge in [0.1, 0.15) is 0 Å². The zero-order chi connectivity index (χ0) is 20.2. The summed E-state index contributed by atoms with van der Waals surface area (Å²) in [6.07, 6.45) is 10.9. The van der Waals surface area contributed by atoms with E-state index >= 15 is 0 Å². The van der Waals surface area contributed by atoms with Crippen LogP contribution in [0.5, 0.6) is 0 Å². The van der Waals surface area contributed by atoms with Crippen molar-refractivity contribution in [2.75, 3.05) is 19.6 Å². The molecule has 3 aliphatic heterocycles. The number of aromatic nitrogens is 1. The van der Waals surface area contributed by atoms with Crippen LogP contribution in [0, 0.1) is 17.8 Å². The Kier molecular flexibility index (Phi) is 4.65. The van der Waals surface area contributed by atoms with Gasteiger partial charge >= 0.3 is 0 Å². The highest BCUT2D eigenvalue weighted by Gasteiger charge is 2.48. The minimum atomic E-state index is -0.454. The number of H-pyrrole nitrogens is 1. The number of carbonyl (C=O) groups is 1. The molecule has 1 aromatic heterocycles. The van der Waals surface area contributed by atoms with Crippen LogP contribution in [0.25, 0.3) is 10.9 Å². The van der Waals surface area contributed by atoms with Crippen LogP contribution in [-0.4, -0.2) is 58.5 Å². The Bertz CT molecular complexity index is 934. The molecular weight excluding hydrogens is 372 g/mol. The van der Waals surface area contributed by atoms with E-state index < -0.39 is 6.04 Å². The van der Waals surface area contributed by atoms with E-state index in [4.69, 9.17) is 5.73 Å². The third-order valence-corrected chi connectivity index (χ3v) is 8.34. The summed E-state index contributed by atoms with van der Waals surface area (Å²) in [6, 6.07) is 9.33. The number of carbonyl (C=O) groups excluding carboxylic acids is 1. The fourth-order valence-electron chi connectivity index (χ4n) is 6.87. The normalized spacial score (nSPS) is 32.8. The second-order valence-electron chi connectivity index (χ2n) is 10.4. The number of rotatable bonds is 4. The van der Waals surface area contributed by atoms with Gasteiger partial charge in [-0.05, 0) is 67.9 Å². The quantitative estimate of drug-likeness (QED) is 0.820. The predicted octanol–water partition coefficient (Wildman–Crippen LogP) is 3.15. The smallest absolute Gasteiger partial charge is 0.239 e. The molecule has 1 amide bonds. The van der Waals surface area contributed by atoms with Crippen LogP contribution >= 0.6 is 0 Å². The molecular formula is C25H34N4O. The number of likely N-dealkylation sites (tertiary alicyclic amines) is 1. The summed E-state index contributed by atoms with van der Waals surface area (Å²) in [5, 5.41) is 1.18. The lowest BCUT2D eigenvalue weighted by atomic mass is 9.74. The highest BCUT2D eigenvalue weighted by Crippen LogP contribution is 2.46. The Morgan fingerprint density at radius 3 is 2.70 bits per heavy atom. The lowest BCUT2D eigenvalue weighted by Gasteiger charge is -2.55. The van der Waals surface area contributed by atoms with Crippen LogP contribution < -0.4 is 5.73 Å². The minimum Gasteiger partial charge on any atom is -0.361 e. The van der Waals surface area contributed by atoms with Crippen molar-refractivity contribution in [3.05, 3.63) is 36.0 Å². The molecule has 1 aliphatic carbocycles. The van der Waals surface area contributed by atoms with Crippen LogP contribution in [0.3, 0.4) is 0 Å². The largest absolute Gasteiger partial charge is 0.361 e. The lowest BCUT2D eigenvalue weighted by molar-refractivity contribution is -0.140. The number of nitrogens with zero attached hydrogens (tertiary/aromatic N) is 2. The molecule has 2 aromatic rings. The topological polar surface area (TPSA) is 65.4 Å². The molecule has 1 aromatic carbocycles. The molecule has 0 spiro atoms. The van der Waals surface area contributed by atoms with Crippen molar-refractivity contribution in [3.63, 3.8) is 0 Å². The number of nitrogens with one attached hydrogen (secondary N) is 1. The molecule has 5 nitrogen and oxygen atoms in total. The molecule has 30 heavy (non-hydrogen) atoms. The molecule has 5 atom stereocenters. The molecule has 3 N–H and O–H groups in total. The summed E-state index contributed by atoms with van der Waals surface area (Å²) >= 11 is 0. The van der Waals surface area contributed by atoms with E-state index in [-0.39, 0.29) is 5.91 Å². The number of nitrogens with two attached hydrogens (primary N) is 1. The van der Waals surface area contributed by atoms with Crippen molar-refractivity contribution >= 4 is 16.8 Å². The Hall–Kier alpha value is -1.85. The second-order valence-corrected chi connectivity index (χ2v) is 10.4. The molecule has 5 heteroatoms. The van der Waals surface area contributed by atoms with Gasteiger partial charge in [0.15, 0.2) is 0 Å². The van der Waals surface area contributed by atoms with Gasteiger partial charge in [-0.1, -0.05) is 24.6 Å². The fraction of sp³-hybridized carbons (Fsp3) is 0.640. The first kappa shape index (κ1) is 18.9. The molecule has 4 heterocycles. The van der Waals surface area contributed by atoms with Crippen molar-refractivity contribution in [1.29, 1.82) is 0 Å². The maximum absolute atomic E-state index is 13.3. The van der Waals surface area contributed by atoms with E-state index in [0.717, 1.165) is 36.1 Å². The zero-order valence-electron chi connectivity index (χ0n) is 17.8. The highest BCUT2D eigenvalue weighted by molar-refractivity contribution is 5.86. The third kappa shape index (κ3) is 3.27.